The molecule has 1 N–H and O–H groups in total. The lowest BCUT2D eigenvalue weighted by atomic mass is 10.2. The number of hydrogen-bond donors (Lipinski definition) is 1. The first-order valence-electron chi connectivity index (χ1n) is 3.63. The summed E-state index contributed by atoms with van der Waals surface area (Å²) in [5.41, 5.74) is 0. The van der Waals surface area contributed by atoms with Gasteiger partial charge >= 0.3 is 12.4 Å². The van der Waals surface area contributed by atoms with Gasteiger partial charge in [0.1, 0.15) is 6.42 Å². The monoisotopic (exact) mass is 245 g/mol. The first-order chi connectivity index (χ1) is 6.41. The molecule has 0 aliphatic heterocycles. The fourth-order valence-electron chi connectivity index (χ4n) is 0.743. The molecule has 92 valence electrons. The Hall–Kier alpha value is -0.600. The van der Waals surface area contributed by atoms with Gasteiger partial charge in [-0.05, 0) is 0 Å². The zero-order chi connectivity index (χ0) is 12.3. The second-order valence-electron chi connectivity index (χ2n) is 2.87. The van der Waals surface area contributed by atoms with Crippen molar-refractivity contribution in [2.24, 2.45) is 0 Å². The molecule has 1 nitrogen and oxygen atoms in total. The van der Waals surface area contributed by atoms with Crippen molar-refractivity contribution in [2.75, 3.05) is 13.1 Å². The van der Waals surface area contributed by atoms with Crippen LogP contribution in [0.4, 0.5) is 35.1 Å². The van der Waals surface area contributed by atoms with Gasteiger partial charge in [0, 0.05) is 0 Å². The highest BCUT2D eigenvalue weighted by molar-refractivity contribution is 4.74. The number of rotatable bonds is 4. The van der Waals surface area contributed by atoms with Gasteiger partial charge in [-0.25, -0.2) is 8.78 Å². The van der Waals surface area contributed by atoms with Crippen LogP contribution in [0.5, 0.6) is 0 Å². The van der Waals surface area contributed by atoms with Crippen molar-refractivity contribution in [3.63, 3.8) is 0 Å². The molecular weight excluding hydrogens is 238 g/mol. The third-order valence-corrected chi connectivity index (χ3v) is 1.17. The predicted octanol–water partition coefficient (Wildman–Crippen LogP) is 2.73. The lowest BCUT2D eigenvalue weighted by Crippen LogP contribution is -2.40. The van der Waals surface area contributed by atoms with E-state index in [-0.39, 0.29) is 0 Å². The van der Waals surface area contributed by atoms with Gasteiger partial charge in [0.2, 0.25) is 0 Å². The van der Waals surface area contributed by atoms with Crippen molar-refractivity contribution in [1.29, 1.82) is 0 Å². The predicted molar refractivity (Wildman–Crippen MR) is 34.5 cm³/mol. The van der Waals surface area contributed by atoms with Gasteiger partial charge in [-0.3, -0.25) is 0 Å². The molecule has 0 aromatic rings. The van der Waals surface area contributed by atoms with Crippen LogP contribution in [-0.2, 0) is 0 Å². The van der Waals surface area contributed by atoms with Crippen molar-refractivity contribution in [1.82, 2.24) is 5.32 Å². The second-order valence-corrected chi connectivity index (χ2v) is 2.87. The van der Waals surface area contributed by atoms with Crippen LogP contribution in [0.3, 0.4) is 0 Å². The summed E-state index contributed by atoms with van der Waals surface area (Å²) in [7, 11) is 0. The molecule has 0 spiro atoms. The fourth-order valence-corrected chi connectivity index (χ4v) is 0.743. The van der Waals surface area contributed by atoms with Crippen LogP contribution in [0.25, 0.3) is 0 Å². The summed E-state index contributed by atoms with van der Waals surface area (Å²) in [6, 6.07) is 0. The summed E-state index contributed by atoms with van der Waals surface area (Å²) in [6.45, 7) is -3.41. The Morgan fingerprint density at radius 3 is 1.47 bits per heavy atom. The molecule has 0 unspecified atom stereocenters. The highest BCUT2D eigenvalue weighted by Crippen LogP contribution is 2.30. The Bertz CT molecular complexity index is 192. The second kappa shape index (κ2) is 4.50. The molecular formula is C6H7F8N. The normalized spacial score (nSPS) is 14.4. The van der Waals surface area contributed by atoms with Gasteiger partial charge in [-0.15, -0.1) is 0 Å². The van der Waals surface area contributed by atoms with Crippen molar-refractivity contribution in [2.45, 2.75) is 24.7 Å². The molecule has 0 fully saturated rings. The van der Waals surface area contributed by atoms with Crippen LogP contribution in [0, 0.1) is 0 Å². The largest absolute Gasteiger partial charge is 0.401 e. The molecule has 0 heterocycles. The lowest BCUT2D eigenvalue weighted by Gasteiger charge is -2.19. The number of hydrogen-bond acceptors (Lipinski definition) is 1. The van der Waals surface area contributed by atoms with Gasteiger partial charge in [-0.1, -0.05) is 0 Å². The molecule has 0 radical (unpaired) electrons. The highest BCUT2D eigenvalue weighted by atomic mass is 19.4. The van der Waals surface area contributed by atoms with Crippen LogP contribution < -0.4 is 5.32 Å². The summed E-state index contributed by atoms with van der Waals surface area (Å²) in [5, 5.41) is 1.21. The van der Waals surface area contributed by atoms with E-state index in [2.05, 4.69) is 0 Å². The highest BCUT2D eigenvalue weighted by Gasteiger charge is 2.43. The Balaban J connectivity index is 3.95. The maximum atomic E-state index is 12.3. The Morgan fingerprint density at radius 2 is 1.13 bits per heavy atom. The van der Waals surface area contributed by atoms with E-state index in [0.717, 1.165) is 0 Å². The summed E-state index contributed by atoms with van der Waals surface area (Å²) in [4.78, 5) is 0. The molecule has 0 atom stereocenters. The average molecular weight is 245 g/mol. The quantitative estimate of drug-likeness (QED) is 0.751. The summed E-state index contributed by atoms with van der Waals surface area (Å²) in [6.07, 6.45) is -12.3. The Morgan fingerprint density at radius 1 is 0.667 bits per heavy atom. The van der Waals surface area contributed by atoms with Crippen LogP contribution in [0.2, 0.25) is 0 Å². The van der Waals surface area contributed by atoms with Gasteiger partial charge in [-0.2, -0.15) is 26.3 Å². The molecule has 0 rings (SSSR count). The van der Waals surface area contributed by atoms with Gasteiger partial charge < -0.3 is 5.32 Å². The van der Waals surface area contributed by atoms with Gasteiger partial charge in [0.05, 0.1) is 13.1 Å². The third-order valence-electron chi connectivity index (χ3n) is 1.17. The maximum absolute atomic E-state index is 12.3. The summed E-state index contributed by atoms with van der Waals surface area (Å²) < 4.78 is 93.5. The van der Waals surface area contributed by atoms with Crippen molar-refractivity contribution in [3.8, 4) is 0 Å². The third kappa shape index (κ3) is 9.70. The molecule has 0 saturated carbocycles. The van der Waals surface area contributed by atoms with E-state index in [9.17, 15) is 35.1 Å². The fraction of sp³-hybridized carbons (Fsp3) is 1.00. The molecule has 0 aromatic carbocycles. The first kappa shape index (κ1) is 14.4. The van der Waals surface area contributed by atoms with Gasteiger partial charge in [0.15, 0.2) is 0 Å². The number of halogens is 8. The molecule has 0 saturated heterocycles. The van der Waals surface area contributed by atoms with Crippen LogP contribution >= 0.6 is 0 Å². The van der Waals surface area contributed by atoms with E-state index in [1.165, 1.54) is 5.32 Å². The lowest BCUT2D eigenvalue weighted by molar-refractivity contribution is -0.187. The Kier molecular flexibility index (Phi) is 4.32. The topological polar surface area (TPSA) is 12.0 Å². The van der Waals surface area contributed by atoms with E-state index in [4.69, 9.17) is 0 Å². The van der Waals surface area contributed by atoms with E-state index < -0.39 is 37.8 Å². The standard InChI is InChI=1S/C6H7F8N/c7-4(8,1-5(9,10)11)2-15-3-6(12,13)14/h15H,1-3H2. The maximum Gasteiger partial charge on any atom is 0.401 e. The molecule has 0 bridgehead atoms. The van der Waals surface area contributed by atoms with E-state index >= 15 is 0 Å². The van der Waals surface area contributed by atoms with Crippen LogP contribution in [-0.4, -0.2) is 31.4 Å². The molecule has 0 aliphatic rings. The van der Waals surface area contributed by atoms with Gasteiger partial charge in [0.25, 0.3) is 5.92 Å². The minimum Gasteiger partial charge on any atom is -0.303 e. The smallest absolute Gasteiger partial charge is 0.303 e. The van der Waals surface area contributed by atoms with Crippen LogP contribution in [0.15, 0.2) is 0 Å². The minimum atomic E-state index is -5.11. The molecule has 0 aromatic heterocycles. The SMILES string of the molecule is FC(F)(F)CNCC(F)(F)CC(F)(F)F. The van der Waals surface area contributed by atoms with Crippen LogP contribution in [0.1, 0.15) is 6.42 Å². The number of alkyl halides is 8. The van der Waals surface area contributed by atoms with Crippen molar-refractivity contribution < 1.29 is 35.1 Å². The van der Waals surface area contributed by atoms with Crippen molar-refractivity contribution in [3.05, 3.63) is 0 Å². The zero-order valence-corrected chi connectivity index (χ0v) is 7.15. The molecule has 15 heavy (non-hydrogen) atoms. The molecule has 0 aliphatic carbocycles. The minimum absolute atomic E-state index is 1.21. The summed E-state index contributed by atoms with van der Waals surface area (Å²) in [5.74, 6) is -4.23. The van der Waals surface area contributed by atoms with Crippen molar-refractivity contribution >= 4 is 0 Å². The average Bonchev–Trinajstić information content (AvgIpc) is 1.75. The zero-order valence-electron chi connectivity index (χ0n) is 7.15. The first-order valence-corrected chi connectivity index (χ1v) is 3.63. The Labute approximate surface area is 79.4 Å². The van der Waals surface area contributed by atoms with E-state index in [1.54, 1.807) is 0 Å². The number of nitrogens with one attached hydrogen (secondary N) is 1. The van der Waals surface area contributed by atoms with E-state index in [1.807, 2.05) is 0 Å². The molecule has 9 heteroatoms. The van der Waals surface area contributed by atoms with E-state index in [0.29, 0.717) is 0 Å². The summed E-state index contributed by atoms with van der Waals surface area (Å²) >= 11 is 0. The molecule has 0 amide bonds.